The van der Waals surface area contributed by atoms with Crippen LogP contribution in [0.5, 0.6) is 0 Å². The van der Waals surface area contributed by atoms with E-state index in [4.69, 9.17) is 4.74 Å². The van der Waals surface area contributed by atoms with Crippen molar-refractivity contribution in [1.29, 1.82) is 0 Å². The Labute approximate surface area is 102 Å². The second-order valence-corrected chi connectivity index (χ2v) is 4.74. The lowest BCUT2D eigenvalue weighted by Crippen LogP contribution is -2.56. The van der Waals surface area contributed by atoms with E-state index < -0.39 is 0 Å². The van der Waals surface area contributed by atoms with Gasteiger partial charge in [0, 0.05) is 19.6 Å². The topological polar surface area (TPSA) is 49.9 Å². The molecule has 2 aliphatic rings. The third kappa shape index (κ3) is 2.77. The van der Waals surface area contributed by atoms with Crippen LogP contribution in [0.3, 0.4) is 0 Å². The van der Waals surface area contributed by atoms with Crippen LogP contribution in [0.15, 0.2) is 0 Å². The summed E-state index contributed by atoms with van der Waals surface area (Å²) in [4.78, 5) is 27.2. The molecule has 5 heteroatoms. The van der Waals surface area contributed by atoms with Gasteiger partial charge in [-0.3, -0.25) is 14.5 Å². The third-order valence-corrected chi connectivity index (χ3v) is 3.65. The van der Waals surface area contributed by atoms with Crippen molar-refractivity contribution in [2.75, 3.05) is 33.3 Å². The summed E-state index contributed by atoms with van der Waals surface area (Å²) in [6, 6.07) is -0.200. The van der Waals surface area contributed by atoms with Gasteiger partial charge in [-0.05, 0) is 25.7 Å². The summed E-state index contributed by atoms with van der Waals surface area (Å²) in [7, 11) is 1.39. The normalized spacial score (nSPS) is 25.2. The molecule has 0 aromatic rings. The summed E-state index contributed by atoms with van der Waals surface area (Å²) in [5.41, 5.74) is 0. The molecule has 0 radical (unpaired) electrons. The van der Waals surface area contributed by atoms with Crippen molar-refractivity contribution < 1.29 is 14.3 Å². The number of likely N-dealkylation sites (tertiary alicyclic amines) is 2. The number of amides is 1. The van der Waals surface area contributed by atoms with E-state index in [1.165, 1.54) is 13.5 Å². The van der Waals surface area contributed by atoms with Crippen molar-refractivity contribution >= 4 is 11.9 Å². The molecule has 0 N–H and O–H groups in total. The number of carbonyl (C=O) groups excluding carboxylic acids is 2. The number of carbonyl (C=O) groups is 2. The highest BCUT2D eigenvalue weighted by Gasteiger charge is 2.36. The van der Waals surface area contributed by atoms with E-state index in [1.807, 2.05) is 9.80 Å². The molecule has 0 bridgehead atoms. The fourth-order valence-electron chi connectivity index (χ4n) is 2.45. The van der Waals surface area contributed by atoms with Crippen LogP contribution in [0.1, 0.15) is 25.7 Å². The minimum Gasteiger partial charge on any atom is -0.468 e. The molecule has 2 heterocycles. The Morgan fingerprint density at radius 2 is 1.88 bits per heavy atom. The molecule has 1 amide bonds. The van der Waals surface area contributed by atoms with Crippen molar-refractivity contribution in [2.24, 2.45) is 0 Å². The number of hydrogen-bond acceptors (Lipinski definition) is 4. The van der Waals surface area contributed by atoms with Crippen molar-refractivity contribution in [3.8, 4) is 0 Å². The zero-order valence-electron chi connectivity index (χ0n) is 10.4. The molecule has 2 saturated heterocycles. The van der Waals surface area contributed by atoms with Gasteiger partial charge in [-0.1, -0.05) is 0 Å². The second kappa shape index (κ2) is 5.49. The molecule has 17 heavy (non-hydrogen) atoms. The van der Waals surface area contributed by atoms with Crippen molar-refractivity contribution in [3.63, 3.8) is 0 Å². The lowest BCUT2D eigenvalue weighted by Gasteiger charge is -2.39. The Morgan fingerprint density at radius 1 is 1.18 bits per heavy atom. The summed E-state index contributed by atoms with van der Waals surface area (Å²) in [6.45, 7) is 2.92. The first kappa shape index (κ1) is 12.4. The molecule has 0 spiro atoms. The van der Waals surface area contributed by atoms with Gasteiger partial charge in [-0.2, -0.15) is 0 Å². The molecule has 2 fully saturated rings. The van der Waals surface area contributed by atoms with Crippen LogP contribution in [0, 0.1) is 0 Å². The fourth-order valence-corrected chi connectivity index (χ4v) is 2.45. The van der Waals surface area contributed by atoms with Gasteiger partial charge < -0.3 is 9.64 Å². The van der Waals surface area contributed by atoms with Crippen molar-refractivity contribution in [1.82, 2.24) is 9.80 Å². The SMILES string of the molecule is COC(=O)C1CCN1CC(=O)N1CCCCC1. The van der Waals surface area contributed by atoms with Crippen LogP contribution >= 0.6 is 0 Å². The number of rotatable bonds is 3. The highest BCUT2D eigenvalue weighted by atomic mass is 16.5. The summed E-state index contributed by atoms with van der Waals surface area (Å²) in [6.07, 6.45) is 4.23. The molecular weight excluding hydrogens is 220 g/mol. The molecule has 0 saturated carbocycles. The number of esters is 1. The van der Waals surface area contributed by atoms with E-state index in [9.17, 15) is 9.59 Å². The minimum atomic E-state index is -0.220. The smallest absolute Gasteiger partial charge is 0.323 e. The minimum absolute atomic E-state index is 0.151. The molecule has 1 unspecified atom stereocenters. The maximum atomic E-state index is 12.0. The van der Waals surface area contributed by atoms with Gasteiger partial charge in [0.05, 0.1) is 13.7 Å². The first-order valence-electron chi connectivity index (χ1n) is 6.32. The number of nitrogens with zero attached hydrogens (tertiary/aromatic N) is 2. The van der Waals surface area contributed by atoms with Crippen LogP contribution in [0.4, 0.5) is 0 Å². The van der Waals surface area contributed by atoms with E-state index >= 15 is 0 Å². The lowest BCUT2D eigenvalue weighted by molar-refractivity contribution is -0.153. The summed E-state index contributed by atoms with van der Waals surface area (Å²) < 4.78 is 4.71. The van der Waals surface area contributed by atoms with Gasteiger partial charge in [0.15, 0.2) is 0 Å². The molecule has 1 atom stereocenters. The van der Waals surface area contributed by atoms with Gasteiger partial charge in [0.1, 0.15) is 6.04 Å². The van der Waals surface area contributed by atoms with E-state index in [1.54, 1.807) is 0 Å². The highest BCUT2D eigenvalue weighted by Crippen LogP contribution is 2.19. The third-order valence-electron chi connectivity index (χ3n) is 3.65. The van der Waals surface area contributed by atoms with Crippen LogP contribution < -0.4 is 0 Å². The zero-order chi connectivity index (χ0) is 12.3. The second-order valence-electron chi connectivity index (χ2n) is 4.74. The first-order chi connectivity index (χ1) is 8.22. The van der Waals surface area contributed by atoms with E-state index in [0.29, 0.717) is 6.54 Å². The Bertz CT molecular complexity index is 300. The molecule has 5 nitrogen and oxygen atoms in total. The Morgan fingerprint density at radius 3 is 2.41 bits per heavy atom. The number of methoxy groups -OCH3 is 1. The molecule has 2 rings (SSSR count). The van der Waals surface area contributed by atoms with Crippen LogP contribution in [-0.2, 0) is 14.3 Å². The summed E-state index contributed by atoms with van der Waals surface area (Å²) >= 11 is 0. The monoisotopic (exact) mass is 240 g/mol. The van der Waals surface area contributed by atoms with Crippen molar-refractivity contribution in [3.05, 3.63) is 0 Å². The molecular formula is C12H20N2O3. The van der Waals surface area contributed by atoms with Gasteiger partial charge >= 0.3 is 5.97 Å². The predicted molar refractivity (Wildman–Crippen MR) is 62.4 cm³/mol. The number of piperidine rings is 1. The van der Waals surface area contributed by atoms with Crippen LogP contribution in [-0.4, -0.2) is 61.0 Å². The molecule has 0 aliphatic carbocycles. The summed E-state index contributed by atoms with van der Waals surface area (Å²) in [5, 5.41) is 0. The first-order valence-corrected chi connectivity index (χ1v) is 6.32. The van der Waals surface area contributed by atoms with E-state index in [-0.39, 0.29) is 17.9 Å². The zero-order valence-corrected chi connectivity index (χ0v) is 10.4. The average molecular weight is 240 g/mol. The highest BCUT2D eigenvalue weighted by molar-refractivity contribution is 5.81. The van der Waals surface area contributed by atoms with Crippen molar-refractivity contribution in [2.45, 2.75) is 31.7 Å². The van der Waals surface area contributed by atoms with E-state index in [0.717, 1.165) is 38.9 Å². The molecule has 0 aromatic carbocycles. The maximum Gasteiger partial charge on any atom is 0.323 e. The standard InChI is InChI=1S/C12H20N2O3/c1-17-12(16)10-5-8-14(10)9-11(15)13-6-3-2-4-7-13/h10H,2-9H2,1H3. The fraction of sp³-hybridized carbons (Fsp3) is 0.833. The van der Waals surface area contributed by atoms with Gasteiger partial charge in [-0.15, -0.1) is 0 Å². The molecule has 0 aromatic heterocycles. The predicted octanol–water partition coefficient (Wildman–Crippen LogP) is 0.246. The Kier molecular flexibility index (Phi) is 3.99. The molecule has 2 aliphatic heterocycles. The largest absolute Gasteiger partial charge is 0.468 e. The van der Waals surface area contributed by atoms with E-state index in [2.05, 4.69) is 0 Å². The average Bonchev–Trinajstić information content (AvgIpc) is 2.35. The van der Waals surface area contributed by atoms with Gasteiger partial charge in [0.25, 0.3) is 0 Å². The van der Waals surface area contributed by atoms with Gasteiger partial charge in [-0.25, -0.2) is 0 Å². The summed E-state index contributed by atoms with van der Waals surface area (Å²) in [5.74, 6) is -0.0685. The quantitative estimate of drug-likeness (QED) is 0.663. The number of hydrogen-bond donors (Lipinski definition) is 0. The Hall–Kier alpha value is -1.10. The Balaban J connectivity index is 1.80. The van der Waals surface area contributed by atoms with Crippen LogP contribution in [0.2, 0.25) is 0 Å². The van der Waals surface area contributed by atoms with Crippen LogP contribution in [0.25, 0.3) is 0 Å². The van der Waals surface area contributed by atoms with Gasteiger partial charge in [0.2, 0.25) is 5.91 Å². The maximum absolute atomic E-state index is 12.0. The number of ether oxygens (including phenoxy) is 1. The lowest BCUT2D eigenvalue weighted by atomic mass is 10.0. The molecule has 96 valence electrons.